The maximum atomic E-state index is 10.3. The van der Waals surface area contributed by atoms with Gasteiger partial charge in [0, 0.05) is 6.08 Å². The number of primary amides is 1. The predicted octanol–water partition coefficient (Wildman–Crippen LogP) is -0.753. The van der Waals surface area contributed by atoms with E-state index in [1.54, 1.807) is 0 Å². The molecule has 0 fully saturated rings. The van der Waals surface area contributed by atoms with Crippen molar-refractivity contribution >= 4 is 6.03 Å². The summed E-state index contributed by atoms with van der Waals surface area (Å²) in [5, 5.41) is 9.11. The Kier molecular flexibility index (Phi) is 1.38. The first-order chi connectivity index (χ1) is 4.62. The van der Waals surface area contributed by atoms with E-state index in [-0.39, 0.29) is 0 Å². The Bertz CT molecular complexity index is 196. The van der Waals surface area contributed by atoms with E-state index in [1.165, 1.54) is 12.3 Å². The zero-order chi connectivity index (χ0) is 7.61. The first-order valence-corrected chi connectivity index (χ1v) is 2.59. The molecule has 0 aromatic heterocycles. The lowest BCUT2D eigenvalue weighted by Crippen LogP contribution is -2.53. The van der Waals surface area contributed by atoms with Crippen molar-refractivity contribution in [3.63, 3.8) is 0 Å². The van der Waals surface area contributed by atoms with Gasteiger partial charge in [0.1, 0.15) is 0 Å². The van der Waals surface area contributed by atoms with Crippen LogP contribution in [0.2, 0.25) is 0 Å². The van der Waals surface area contributed by atoms with Crippen LogP contribution >= 0.6 is 0 Å². The van der Waals surface area contributed by atoms with E-state index in [9.17, 15) is 4.79 Å². The van der Waals surface area contributed by atoms with Crippen molar-refractivity contribution in [3.8, 4) is 0 Å². The Hall–Kier alpha value is -1.43. The zero-order valence-corrected chi connectivity index (χ0v) is 5.11. The van der Waals surface area contributed by atoms with Crippen LogP contribution in [-0.2, 0) is 0 Å². The van der Waals surface area contributed by atoms with Crippen molar-refractivity contribution in [1.82, 2.24) is 5.32 Å². The third-order valence-electron chi connectivity index (χ3n) is 0.942. The molecule has 0 aromatic rings. The average Bonchev–Trinajstić information content (AvgIpc) is 2.12. The molecular formula is C4H7N5O. The second-order valence-electron chi connectivity index (χ2n) is 1.85. The van der Waals surface area contributed by atoms with Gasteiger partial charge >= 0.3 is 6.03 Å². The third kappa shape index (κ3) is 1.29. The lowest BCUT2D eigenvalue weighted by Gasteiger charge is -2.15. The number of carbonyl (C=O) groups is 1. The fourth-order valence-electron chi connectivity index (χ4n) is 0.573. The van der Waals surface area contributed by atoms with E-state index in [1.807, 2.05) is 0 Å². The van der Waals surface area contributed by atoms with E-state index in [0.717, 1.165) is 0 Å². The molecule has 0 saturated heterocycles. The SMILES string of the molecule is NC(=O)NC1(N)C=CN=N1. The van der Waals surface area contributed by atoms with Crippen molar-refractivity contribution in [1.29, 1.82) is 0 Å². The molecular weight excluding hydrogens is 134 g/mol. The highest BCUT2D eigenvalue weighted by Gasteiger charge is 2.24. The Morgan fingerprint density at radius 2 is 2.40 bits per heavy atom. The van der Waals surface area contributed by atoms with Gasteiger partial charge in [-0.05, 0) is 0 Å². The Morgan fingerprint density at radius 3 is 2.80 bits per heavy atom. The standard InChI is InChI=1S/C4H7N5O/c5-3(10)8-4(6)1-2-7-9-4/h1-2H,6H2,(H3,5,8,10). The van der Waals surface area contributed by atoms with Crippen molar-refractivity contribution in [2.24, 2.45) is 21.7 Å². The Morgan fingerprint density at radius 1 is 1.70 bits per heavy atom. The number of nitrogens with one attached hydrogen (secondary N) is 1. The lowest BCUT2D eigenvalue weighted by atomic mass is 10.4. The summed E-state index contributed by atoms with van der Waals surface area (Å²) in [4.78, 5) is 10.3. The van der Waals surface area contributed by atoms with Crippen molar-refractivity contribution in [3.05, 3.63) is 12.3 Å². The summed E-state index contributed by atoms with van der Waals surface area (Å²) >= 11 is 0. The normalized spacial score (nSPS) is 28.9. The van der Waals surface area contributed by atoms with Crippen LogP contribution in [0.15, 0.2) is 22.5 Å². The molecule has 0 aromatic carbocycles. The molecule has 1 aliphatic rings. The minimum atomic E-state index is -1.23. The predicted molar refractivity (Wildman–Crippen MR) is 33.6 cm³/mol. The molecule has 1 atom stereocenters. The Labute approximate surface area is 57.0 Å². The summed E-state index contributed by atoms with van der Waals surface area (Å²) < 4.78 is 0. The lowest BCUT2D eigenvalue weighted by molar-refractivity contribution is 0.240. The molecule has 1 rings (SSSR count). The van der Waals surface area contributed by atoms with Gasteiger partial charge in [0.15, 0.2) is 0 Å². The summed E-state index contributed by atoms with van der Waals surface area (Å²) in [6, 6.07) is -0.729. The molecule has 1 aliphatic heterocycles. The number of amides is 2. The van der Waals surface area contributed by atoms with Gasteiger partial charge in [-0.1, -0.05) is 0 Å². The molecule has 10 heavy (non-hydrogen) atoms. The molecule has 6 nitrogen and oxygen atoms in total. The van der Waals surface area contributed by atoms with E-state index in [4.69, 9.17) is 11.5 Å². The van der Waals surface area contributed by atoms with E-state index >= 15 is 0 Å². The van der Waals surface area contributed by atoms with Gasteiger partial charge in [-0.2, -0.15) is 5.11 Å². The third-order valence-corrected chi connectivity index (χ3v) is 0.942. The number of hydrogen-bond donors (Lipinski definition) is 3. The van der Waals surface area contributed by atoms with Gasteiger partial charge in [-0.3, -0.25) is 11.1 Å². The molecule has 0 bridgehead atoms. The smallest absolute Gasteiger partial charge is 0.315 e. The number of carbonyl (C=O) groups excluding carboxylic acids is 1. The molecule has 1 heterocycles. The van der Waals surface area contributed by atoms with Crippen LogP contribution in [0, 0.1) is 0 Å². The van der Waals surface area contributed by atoms with Crippen LogP contribution in [-0.4, -0.2) is 11.8 Å². The molecule has 1 unspecified atom stereocenters. The zero-order valence-electron chi connectivity index (χ0n) is 5.11. The number of rotatable bonds is 1. The Balaban J connectivity index is 2.62. The summed E-state index contributed by atoms with van der Waals surface area (Å²) in [6.45, 7) is 0. The van der Waals surface area contributed by atoms with Crippen LogP contribution in [0.3, 0.4) is 0 Å². The highest BCUT2D eigenvalue weighted by molar-refractivity contribution is 5.72. The van der Waals surface area contributed by atoms with Gasteiger partial charge in [0.25, 0.3) is 0 Å². The monoisotopic (exact) mass is 141 g/mol. The highest BCUT2D eigenvalue weighted by atomic mass is 16.2. The number of nitrogens with two attached hydrogens (primary N) is 2. The van der Waals surface area contributed by atoms with Crippen molar-refractivity contribution in [2.75, 3.05) is 0 Å². The number of urea groups is 1. The number of azo groups is 1. The quantitative estimate of drug-likeness (QED) is 0.418. The van der Waals surface area contributed by atoms with E-state index < -0.39 is 11.8 Å². The molecule has 54 valence electrons. The second kappa shape index (κ2) is 2.07. The van der Waals surface area contributed by atoms with Crippen LogP contribution in [0.5, 0.6) is 0 Å². The molecule has 0 spiro atoms. The van der Waals surface area contributed by atoms with Crippen LogP contribution in [0.1, 0.15) is 0 Å². The van der Waals surface area contributed by atoms with Gasteiger partial charge in [0.05, 0.1) is 6.20 Å². The maximum Gasteiger partial charge on any atom is 0.315 e. The molecule has 6 heteroatoms. The maximum absolute atomic E-state index is 10.3. The van der Waals surface area contributed by atoms with Crippen LogP contribution in [0.4, 0.5) is 4.79 Å². The average molecular weight is 141 g/mol. The van der Waals surface area contributed by atoms with Crippen molar-refractivity contribution < 1.29 is 4.79 Å². The van der Waals surface area contributed by atoms with E-state index in [0.29, 0.717) is 0 Å². The van der Waals surface area contributed by atoms with Gasteiger partial charge < -0.3 is 5.73 Å². The first-order valence-electron chi connectivity index (χ1n) is 2.59. The fraction of sp³-hybridized carbons (Fsp3) is 0.250. The molecule has 0 aliphatic carbocycles. The molecule has 2 amide bonds. The summed E-state index contributed by atoms with van der Waals surface area (Å²) in [5.41, 5.74) is 10.2. The summed E-state index contributed by atoms with van der Waals surface area (Å²) in [7, 11) is 0. The summed E-state index contributed by atoms with van der Waals surface area (Å²) in [5.74, 6) is -1.23. The van der Waals surface area contributed by atoms with Gasteiger partial charge in [0.2, 0.25) is 5.79 Å². The van der Waals surface area contributed by atoms with E-state index in [2.05, 4.69) is 15.5 Å². The first kappa shape index (κ1) is 6.69. The minimum Gasteiger partial charge on any atom is -0.352 e. The van der Waals surface area contributed by atoms with Crippen molar-refractivity contribution in [2.45, 2.75) is 5.79 Å². The minimum absolute atomic E-state index is 0.729. The largest absolute Gasteiger partial charge is 0.352 e. The number of hydrogen-bond acceptors (Lipinski definition) is 4. The molecule has 5 N–H and O–H groups in total. The van der Waals surface area contributed by atoms with Crippen LogP contribution in [0.25, 0.3) is 0 Å². The second-order valence-corrected chi connectivity index (χ2v) is 1.85. The molecule has 0 saturated carbocycles. The highest BCUT2D eigenvalue weighted by Crippen LogP contribution is 2.07. The van der Waals surface area contributed by atoms with Gasteiger partial charge in [-0.25, -0.2) is 4.79 Å². The molecule has 0 radical (unpaired) electrons. The summed E-state index contributed by atoms with van der Waals surface area (Å²) in [6.07, 6.45) is 2.81. The van der Waals surface area contributed by atoms with Crippen LogP contribution < -0.4 is 16.8 Å². The van der Waals surface area contributed by atoms with Gasteiger partial charge in [-0.15, -0.1) is 5.11 Å². The topological polar surface area (TPSA) is 106 Å². The number of nitrogens with zero attached hydrogens (tertiary/aromatic N) is 2. The fourth-order valence-corrected chi connectivity index (χ4v) is 0.573.